The lowest BCUT2D eigenvalue weighted by atomic mass is 9.88. The molecule has 0 radical (unpaired) electrons. The van der Waals surface area contributed by atoms with Gasteiger partial charge in [-0.05, 0) is 26.7 Å². The zero-order chi connectivity index (χ0) is 10.9. The molecule has 1 saturated heterocycles. The van der Waals surface area contributed by atoms with Crippen LogP contribution in [-0.4, -0.2) is 44.3 Å². The van der Waals surface area contributed by atoms with Crippen molar-refractivity contribution in [3.63, 3.8) is 0 Å². The van der Waals surface area contributed by atoms with Crippen molar-refractivity contribution >= 4 is 0 Å². The van der Waals surface area contributed by atoms with E-state index in [2.05, 4.69) is 5.32 Å². The van der Waals surface area contributed by atoms with Crippen LogP contribution < -0.4 is 5.32 Å². The first kappa shape index (κ1) is 11.3. The van der Waals surface area contributed by atoms with Crippen LogP contribution in [0.5, 0.6) is 0 Å². The molecule has 0 aromatic rings. The molecule has 0 atom stereocenters. The van der Waals surface area contributed by atoms with Gasteiger partial charge >= 0.3 is 0 Å². The predicted molar refractivity (Wildman–Crippen MR) is 56.7 cm³/mol. The summed E-state index contributed by atoms with van der Waals surface area (Å²) in [5, 5.41) is 3.53. The molecule has 2 fully saturated rings. The van der Waals surface area contributed by atoms with Gasteiger partial charge in [-0.1, -0.05) is 0 Å². The third-order valence-electron chi connectivity index (χ3n) is 3.16. The van der Waals surface area contributed by atoms with Crippen LogP contribution in [0, 0.1) is 0 Å². The minimum atomic E-state index is -0.410. The highest BCUT2D eigenvalue weighted by Crippen LogP contribution is 2.24. The van der Waals surface area contributed by atoms with Gasteiger partial charge in [-0.25, -0.2) is 0 Å². The zero-order valence-electron chi connectivity index (χ0n) is 9.79. The van der Waals surface area contributed by atoms with E-state index < -0.39 is 5.79 Å². The van der Waals surface area contributed by atoms with Gasteiger partial charge in [0.25, 0.3) is 0 Å². The van der Waals surface area contributed by atoms with Gasteiger partial charge < -0.3 is 19.5 Å². The summed E-state index contributed by atoms with van der Waals surface area (Å²) in [5.41, 5.74) is 0. The molecule has 15 heavy (non-hydrogen) atoms. The fourth-order valence-electron chi connectivity index (χ4n) is 2.02. The van der Waals surface area contributed by atoms with Crippen LogP contribution in [0.4, 0.5) is 0 Å². The maximum atomic E-state index is 5.58. The quantitative estimate of drug-likeness (QED) is 0.759. The summed E-state index contributed by atoms with van der Waals surface area (Å²) in [6.07, 6.45) is 2.66. The summed E-state index contributed by atoms with van der Waals surface area (Å²) in [4.78, 5) is 0. The molecule has 4 nitrogen and oxygen atoms in total. The Bertz CT molecular complexity index is 204. The summed E-state index contributed by atoms with van der Waals surface area (Å²) in [6, 6.07) is 0.911. The van der Waals surface area contributed by atoms with Crippen LogP contribution in [0.25, 0.3) is 0 Å². The van der Waals surface area contributed by atoms with Crippen LogP contribution in [0.15, 0.2) is 0 Å². The fraction of sp³-hybridized carbons (Fsp3) is 1.00. The Kier molecular flexibility index (Phi) is 3.30. The van der Waals surface area contributed by atoms with E-state index in [1.165, 1.54) is 0 Å². The molecule has 2 aliphatic rings. The van der Waals surface area contributed by atoms with E-state index >= 15 is 0 Å². The maximum Gasteiger partial charge on any atom is 0.162 e. The molecule has 0 amide bonds. The van der Waals surface area contributed by atoms with Crippen molar-refractivity contribution in [2.45, 2.75) is 50.7 Å². The first-order valence-electron chi connectivity index (χ1n) is 5.66. The molecular weight excluding hydrogens is 194 g/mol. The molecular formula is C11H21NO3. The molecule has 0 unspecified atom stereocenters. The molecule has 1 aliphatic heterocycles. The number of methoxy groups -OCH3 is 1. The van der Waals surface area contributed by atoms with Crippen molar-refractivity contribution in [1.29, 1.82) is 0 Å². The highest BCUT2D eigenvalue weighted by molar-refractivity contribution is 4.89. The van der Waals surface area contributed by atoms with Crippen molar-refractivity contribution in [1.82, 2.24) is 5.32 Å². The summed E-state index contributed by atoms with van der Waals surface area (Å²) >= 11 is 0. The van der Waals surface area contributed by atoms with Gasteiger partial charge in [0.05, 0.1) is 25.4 Å². The van der Waals surface area contributed by atoms with E-state index in [-0.39, 0.29) is 0 Å². The Balaban J connectivity index is 1.65. The molecule has 1 N–H and O–H groups in total. The summed E-state index contributed by atoms with van der Waals surface area (Å²) in [6.45, 7) is 5.38. The Morgan fingerprint density at radius 2 is 1.73 bits per heavy atom. The van der Waals surface area contributed by atoms with Gasteiger partial charge in [-0.15, -0.1) is 0 Å². The smallest absolute Gasteiger partial charge is 0.162 e. The van der Waals surface area contributed by atoms with Crippen LogP contribution in [0.3, 0.4) is 0 Å². The van der Waals surface area contributed by atoms with Crippen molar-refractivity contribution in [2.24, 2.45) is 0 Å². The molecule has 1 saturated carbocycles. The monoisotopic (exact) mass is 215 g/mol. The summed E-state index contributed by atoms with van der Waals surface area (Å²) in [5.74, 6) is -0.410. The van der Waals surface area contributed by atoms with E-state index in [0.29, 0.717) is 18.2 Å². The topological polar surface area (TPSA) is 39.7 Å². The number of nitrogens with one attached hydrogen (secondary N) is 1. The lowest BCUT2D eigenvalue weighted by Crippen LogP contribution is -2.55. The third-order valence-corrected chi connectivity index (χ3v) is 3.16. The van der Waals surface area contributed by atoms with Crippen molar-refractivity contribution in [3.05, 3.63) is 0 Å². The molecule has 0 aromatic heterocycles. The van der Waals surface area contributed by atoms with Crippen molar-refractivity contribution in [2.75, 3.05) is 20.3 Å². The fourth-order valence-corrected chi connectivity index (χ4v) is 2.02. The average Bonchev–Trinajstić information content (AvgIpc) is 2.13. The van der Waals surface area contributed by atoms with Gasteiger partial charge in [0.1, 0.15) is 0 Å². The first-order chi connectivity index (χ1) is 7.09. The molecule has 0 spiro atoms. The standard InChI is InChI=1S/C11H21NO3/c1-11(2)14-6-9(7-15-11)12-8-4-10(5-8)13-3/h8-10,12H,4-7H2,1-3H3. The van der Waals surface area contributed by atoms with E-state index in [9.17, 15) is 0 Å². The third kappa shape index (κ3) is 2.91. The predicted octanol–water partition coefficient (Wildman–Crippen LogP) is 0.905. The Morgan fingerprint density at radius 1 is 1.13 bits per heavy atom. The van der Waals surface area contributed by atoms with Crippen LogP contribution in [0.2, 0.25) is 0 Å². The van der Waals surface area contributed by atoms with Crippen LogP contribution in [0.1, 0.15) is 26.7 Å². The Morgan fingerprint density at radius 3 is 2.27 bits per heavy atom. The summed E-state index contributed by atoms with van der Waals surface area (Å²) < 4.78 is 16.4. The minimum Gasteiger partial charge on any atom is -0.381 e. The average molecular weight is 215 g/mol. The number of hydrogen-bond acceptors (Lipinski definition) is 4. The van der Waals surface area contributed by atoms with E-state index in [4.69, 9.17) is 14.2 Å². The van der Waals surface area contributed by atoms with Gasteiger partial charge in [0, 0.05) is 13.2 Å². The number of hydrogen-bond donors (Lipinski definition) is 1. The lowest BCUT2D eigenvalue weighted by molar-refractivity contribution is -0.254. The molecule has 0 bridgehead atoms. The zero-order valence-corrected chi connectivity index (χ0v) is 9.79. The van der Waals surface area contributed by atoms with Crippen LogP contribution >= 0.6 is 0 Å². The molecule has 1 heterocycles. The van der Waals surface area contributed by atoms with Crippen molar-refractivity contribution in [3.8, 4) is 0 Å². The maximum absolute atomic E-state index is 5.58. The Labute approximate surface area is 91.3 Å². The number of rotatable bonds is 3. The second-order valence-electron chi connectivity index (χ2n) is 4.91. The van der Waals surface area contributed by atoms with Gasteiger partial charge in [-0.2, -0.15) is 0 Å². The summed E-state index contributed by atoms with van der Waals surface area (Å²) in [7, 11) is 1.77. The SMILES string of the molecule is COC1CC(NC2COC(C)(C)OC2)C1. The highest BCUT2D eigenvalue weighted by Gasteiger charge is 2.34. The Hall–Kier alpha value is -0.160. The normalized spacial score (nSPS) is 36.2. The second kappa shape index (κ2) is 4.37. The van der Waals surface area contributed by atoms with Crippen LogP contribution in [-0.2, 0) is 14.2 Å². The highest BCUT2D eigenvalue weighted by atomic mass is 16.7. The van der Waals surface area contributed by atoms with Gasteiger partial charge in [0.15, 0.2) is 5.79 Å². The number of ether oxygens (including phenoxy) is 3. The molecule has 4 heteroatoms. The van der Waals surface area contributed by atoms with Crippen molar-refractivity contribution < 1.29 is 14.2 Å². The van der Waals surface area contributed by atoms with E-state index in [0.717, 1.165) is 26.1 Å². The molecule has 88 valence electrons. The van der Waals surface area contributed by atoms with E-state index in [1.807, 2.05) is 13.8 Å². The lowest BCUT2D eigenvalue weighted by Gasteiger charge is -2.41. The van der Waals surface area contributed by atoms with Gasteiger partial charge in [-0.3, -0.25) is 0 Å². The minimum absolute atomic E-state index is 0.334. The largest absolute Gasteiger partial charge is 0.381 e. The van der Waals surface area contributed by atoms with Gasteiger partial charge in [0.2, 0.25) is 0 Å². The molecule has 0 aromatic carbocycles. The molecule has 1 aliphatic carbocycles. The molecule has 2 rings (SSSR count). The van der Waals surface area contributed by atoms with E-state index in [1.54, 1.807) is 7.11 Å². The second-order valence-corrected chi connectivity index (χ2v) is 4.91. The first-order valence-corrected chi connectivity index (χ1v) is 5.66.